The molecule has 100 valence electrons. The maximum absolute atomic E-state index is 12.6. The molecule has 0 aromatic carbocycles. The van der Waals surface area contributed by atoms with Gasteiger partial charge in [-0.3, -0.25) is 9.78 Å². The third-order valence-electron chi connectivity index (χ3n) is 3.62. The van der Waals surface area contributed by atoms with Gasteiger partial charge in [0.25, 0.3) is 5.56 Å². The number of halogens is 1. The van der Waals surface area contributed by atoms with Crippen molar-refractivity contribution in [1.82, 2.24) is 9.55 Å². The molecule has 3 rings (SSSR count). The quantitative estimate of drug-likeness (QED) is 0.866. The Morgan fingerprint density at radius 3 is 2.68 bits per heavy atom. The van der Waals surface area contributed by atoms with Crippen LogP contribution in [-0.2, 0) is 0 Å². The smallest absolute Gasteiger partial charge is 0.297 e. The van der Waals surface area contributed by atoms with Gasteiger partial charge >= 0.3 is 5.69 Å². The standard InChI is InChI=1S/C13H13ClN2O2S/c14-11-10(8-3-1-2-4-8)12(17)16(13(18)15-11)9-5-6-19-7-9/h5-8H,1-4H2,(H,15,18). The van der Waals surface area contributed by atoms with E-state index in [-0.39, 0.29) is 16.6 Å². The molecular weight excluding hydrogens is 284 g/mol. The molecule has 0 bridgehead atoms. The zero-order valence-electron chi connectivity index (χ0n) is 10.2. The number of aromatic nitrogens is 2. The fourth-order valence-corrected chi connectivity index (χ4v) is 3.65. The van der Waals surface area contributed by atoms with Gasteiger partial charge in [0, 0.05) is 5.38 Å². The Morgan fingerprint density at radius 2 is 2.05 bits per heavy atom. The SMILES string of the molecule is O=c1[nH]c(Cl)c(C2CCCC2)c(=O)n1-c1ccsc1. The third kappa shape index (κ3) is 2.17. The number of nitrogens with one attached hydrogen (secondary N) is 1. The van der Waals surface area contributed by atoms with Crippen LogP contribution in [0.25, 0.3) is 5.69 Å². The number of rotatable bonds is 2. The van der Waals surface area contributed by atoms with E-state index in [0.717, 1.165) is 25.7 Å². The number of H-pyrrole nitrogens is 1. The zero-order chi connectivity index (χ0) is 13.4. The highest BCUT2D eigenvalue weighted by atomic mass is 35.5. The lowest BCUT2D eigenvalue weighted by molar-refractivity contribution is 0.689. The van der Waals surface area contributed by atoms with E-state index in [9.17, 15) is 9.59 Å². The van der Waals surface area contributed by atoms with Crippen molar-refractivity contribution in [1.29, 1.82) is 0 Å². The fourth-order valence-electron chi connectivity index (χ4n) is 2.71. The van der Waals surface area contributed by atoms with Gasteiger partial charge in [0.2, 0.25) is 0 Å². The number of nitrogens with zero attached hydrogens (tertiary/aromatic N) is 1. The van der Waals surface area contributed by atoms with Gasteiger partial charge in [-0.05, 0) is 30.2 Å². The average Bonchev–Trinajstić information content (AvgIpc) is 3.00. The van der Waals surface area contributed by atoms with Crippen LogP contribution in [-0.4, -0.2) is 9.55 Å². The minimum atomic E-state index is -0.477. The van der Waals surface area contributed by atoms with Crippen molar-refractivity contribution in [3.8, 4) is 5.69 Å². The Labute approximate surface area is 118 Å². The highest BCUT2D eigenvalue weighted by Gasteiger charge is 2.25. The lowest BCUT2D eigenvalue weighted by Crippen LogP contribution is -2.36. The second-order valence-corrected chi connectivity index (χ2v) is 5.92. The molecule has 1 saturated carbocycles. The van der Waals surface area contributed by atoms with Gasteiger partial charge in [0.15, 0.2) is 0 Å². The van der Waals surface area contributed by atoms with Crippen LogP contribution in [0.5, 0.6) is 0 Å². The van der Waals surface area contributed by atoms with Crippen molar-refractivity contribution in [2.24, 2.45) is 0 Å². The van der Waals surface area contributed by atoms with E-state index >= 15 is 0 Å². The average molecular weight is 297 g/mol. The second-order valence-electron chi connectivity index (χ2n) is 4.76. The van der Waals surface area contributed by atoms with Gasteiger partial charge in [0.1, 0.15) is 5.15 Å². The zero-order valence-corrected chi connectivity index (χ0v) is 11.8. The first-order chi connectivity index (χ1) is 9.18. The van der Waals surface area contributed by atoms with Crippen LogP contribution in [0.2, 0.25) is 5.15 Å². The Balaban J connectivity index is 2.24. The van der Waals surface area contributed by atoms with Crippen molar-refractivity contribution in [2.45, 2.75) is 31.6 Å². The van der Waals surface area contributed by atoms with Gasteiger partial charge in [0.05, 0.1) is 11.3 Å². The topological polar surface area (TPSA) is 54.9 Å². The predicted octanol–water partition coefficient (Wildman–Crippen LogP) is 2.90. The van der Waals surface area contributed by atoms with E-state index in [1.165, 1.54) is 15.9 Å². The Hall–Kier alpha value is -1.33. The minimum Gasteiger partial charge on any atom is -0.297 e. The molecule has 0 aliphatic heterocycles. The van der Waals surface area contributed by atoms with Crippen molar-refractivity contribution in [2.75, 3.05) is 0 Å². The predicted molar refractivity (Wildman–Crippen MR) is 76.8 cm³/mol. The van der Waals surface area contributed by atoms with Crippen LogP contribution in [0.3, 0.4) is 0 Å². The fraction of sp³-hybridized carbons (Fsp3) is 0.385. The van der Waals surface area contributed by atoms with E-state index in [0.29, 0.717) is 11.3 Å². The molecule has 2 aromatic heterocycles. The molecular formula is C13H13ClN2O2S. The lowest BCUT2D eigenvalue weighted by atomic mass is 10.0. The van der Waals surface area contributed by atoms with Crippen LogP contribution in [0.4, 0.5) is 0 Å². The van der Waals surface area contributed by atoms with Gasteiger partial charge in [-0.15, -0.1) is 0 Å². The van der Waals surface area contributed by atoms with Crippen molar-refractivity contribution >= 4 is 22.9 Å². The summed E-state index contributed by atoms with van der Waals surface area (Å²) in [7, 11) is 0. The van der Waals surface area contributed by atoms with E-state index in [4.69, 9.17) is 11.6 Å². The van der Waals surface area contributed by atoms with E-state index in [1.54, 1.807) is 11.4 Å². The Morgan fingerprint density at radius 1 is 1.32 bits per heavy atom. The van der Waals surface area contributed by atoms with Gasteiger partial charge in [-0.1, -0.05) is 24.4 Å². The summed E-state index contributed by atoms with van der Waals surface area (Å²) in [4.78, 5) is 27.1. The summed E-state index contributed by atoms with van der Waals surface area (Å²) in [5.74, 6) is 0.168. The van der Waals surface area contributed by atoms with Crippen molar-refractivity contribution in [3.05, 3.63) is 48.4 Å². The maximum Gasteiger partial charge on any atom is 0.334 e. The van der Waals surface area contributed by atoms with Gasteiger partial charge in [-0.2, -0.15) is 11.3 Å². The van der Waals surface area contributed by atoms with E-state index < -0.39 is 5.69 Å². The summed E-state index contributed by atoms with van der Waals surface area (Å²) in [6, 6.07) is 1.76. The molecule has 0 radical (unpaired) electrons. The Bertz CT molecular complexity index is 696. The summed E-state index contributed by atoms with van der Waals surface area (Å²) in [6.07, 6.45) is 4.14. The summed E-state index contributed by atoms with van der Waals surface area (Å²) in [5.41, 5.74) is 0.409. The lowest BCUT2D eigenvalue weighted by Gasteiger charge is -2.12. The molecule has 2 aromatic rings. The molecule has 0 saturated heterocycles. The molecule has 6 heteroatoms. The molecule has 4 nitrogen and oxygen atoms in total. The molecule has 0 spiro atoms. The number of thiophene rings is 1. The first kappa shape index (κ1) is 12.7. The first-order valence-corrected chi connectivity index (χ1v) is 7.58. The van der Waals surface area contributed by atoms with Crippen LogP contribution in [0, 0.1) is 0 Å². The normalized spacial score (nSPS) is 16.1. The first-order valence-electron chi connectivity index (χ1n) is 6.26. The molecule has 0 unspecified atom stereocenters. The monoisotopic (exact) mass is 296 g/mol. The third-order valence-corrected chi connectivity index (χ3v) is 4.59. The minimum absolute atomic E-state index is 0.168. The van der Waals surface area contributed by atoms with Crippen molar-refractivity contribution in [3.63, 3.8) is 0 Å². The molecule has 1 aliphatic rings. The maximum atomic E-state index is 12.6. The molecule has 0 amide bonds. The van der Waals surface area contributed by atoms with Crippen LogP contribution < -0.4 is 11.2 Å². The largest absolute Gasteiger partial charge is 0.334 e. The molecule has 1 fully saturated rings. The number of aromatic amines is 1. The summed E-state index contributed by atoms with van der Waals surface area (Å²) < 4.78 is 1.18. The van der Waals surface area contributed by atoms with E-state index in [1.807, 2.05) is 5.38 Å². The van der Waals surface area contributed by atoms with E-state index in [2.05, 4.69) is 4.98 Å². The summed E-state index contributed by atoms with van der Waals surface area (Å²) >= 11 is 7.53. The summed E-state index contributed by atoms with van der Waals surface area (Å²) in [5, 5.41) is 3.82. The number of hydrogen-bond donors (Lipinski definition) is 1. The summed E-state index contributed by atoms with van der Waals surface area (Å²) in [6.45, 7) is 0. The van der Waals surface area contributed by atoms with Crippen LogP contribution >= 0.6 is 22.9 Å². The van der Waals surface area contributed by atoms with Gasteiger partial charge < -0.3 is 0 Å². The highest BCUT2D eigenvalue weighted by molar-refractivity contribution is 7.08. The molecule has 0 atom stereocenters. The van der Waals surface area contributed by atoms with Crippen molar-refractivity contribution < 1.29 is 0 Å². The molecule has 1 N–H and O–H groups in total. The van der Waals surface area contributed by atoms with Crippen LogP contribution in [0.15, 0.2) is 26.4 Å². The second kappa shape index (κ2) is 4.98. The highest BCUT2D eigenvalue weighted by Crippen LogP contribution is 2.34. The van der Waals surface area contributed by atoms with Crippen LogP contribution in [0.1, 0.15) is 37.2 Å². The molecule has 19 heavy (non-hydrogen) atoms. The number of hydrogen-bond acceptors (Lipinski definition) is 3. The molecule has 2 heterocycles. The Kier molecular flexibility index (Phi) is 3.33. The molecule has 1 aliphatic carbocycles. The van der Waals surface area contributed by atoms with Gasteiger partial charge in [-0.25, -0.2) is 9.36 Å².